The Kier molecular flexibility index (Phi) is 4.11. The highest BCUT2D eigenvalue weighted by molar-refractivity contribution is 5.11. The molecule has 1 saturated heterocycles. The predicted octanol–water partition coefficient (Wildman–Crippen LogP) is 1.55. The van der Waals surface area contributed by atoms with E-state index >= 15 is 0 Å². The molecule has 2 heterocycles. The fourth-order valence-corrected chi connectivity index (χ4v) is 2.51. The molecule has 1 aliphatic carbocycles. The van der Waals surface area contributed by atoms with Crippen LogP contribution in [-0.4, -0.2) is 42.2 Å². The van der Waals surface area contributed by atoms with Crippen LogP contribution < -0.4 is 5.32 Å². The van der Waals surface area contributed by atoms with Gasteiger partial charge in [0.15, 0.2) is 0 Å². The lowest BCUT2D eigenvalue weighted by atomic mass is 10.2. The van der Waals surface area contributed by atoms with Gasteiger partial charge in [0, 0.05) is 31.8 Å². The van der Waals surface area contributed by atoms with Gasteiger partial charge >= 0.3 is 0 Å². The Morgan fingerprint density at radius 3 is 2.89 bits per heavy atom. The SMILES string of the molecule is CN(Cc1cccc(CNC2CC2)n1)C1CCOC1. The van der Waals surface area contributed by atoms with E-state index < -0.39 is 0 Å². The zero-order valence-corrected chi connectivity index (χ0v) is 11.6. The van der Waals surface area contributed by atoms with Crippen molar-refractivity contribution in [2.24, 2.45) is 0 Å². The van der Waals surface area contributed by atoms with Crippen molar-refractivity contribution in [1.82, 2.24) is 15.2 Å². The molecule has 0 amide bonds. The molecule has 1 N–H and O–H groups in total. The van der Waals surface area contributed by atoms with Gasteiger partial charge in [-0.15, -0.1) is 0 Å². The monoisotopic (exact) mass is 261 g/mol. The molecule has 1 aromatic rings. The van der Waals surface area contributed by atoms with E-state index in [9.17, 15) is 0 Å². The molecule has 1 aromatic heterocycles. The summed E-state index contributed by atoms with van der Waals surface area (Å²) in [5.41, 5.74) is 2.31. The number of hydrogen-bond acceptors (Lipinski definition) is 4. The highest BCUT2D eigenvalue weighted by Gasteiger charge is 2.21. The smallest absolute Gasteiger partial charge is 0.0622 e. The summed E-state index contributed by atoms with van der Waals surface area (Å²) < 4.78 is 5.44. The van der Waals surface area contributed by atoms with Crippen LogP contribution >= 0.6 is 0 Å². The molecule has 1 aliphatic heterocycles. The summed E-state index contributed by atoms with van der Waals surface area (Å²) in [6.07, 6.45) is 3.79. The van der Waals surface area contributed by atoms with Crippen LogP contribution in [0.1, 0.15) is 30.7 Å². The highest BCUT2D eigenvalue weighted by Crippen LogP contribution is 2.19. The van der Waals surface area contributed by atoms with Gasteiger partial charge in [0.2, 0.25) is 0 Å². The van der Waals surface area contributed by atoms with E-state index in [4.69, 9.17) is 9.72 Å². The molecular formula is C15H23N3O. The zero-order chi connectivity index (χ0) is 13.1. The first-order chi connectivity index (χ1) is 9.31. The van der Waals surface area contributed by atoms with Crippen LogP contribution in [-0.2, 0) is 17.8 Å². The summed E-state index contributed by atoms with van der Waals surface area (Å²) >= 11 is 0. The third-order valence-electron chi connectivity index (χ3n) is 3.95. The van der Waals surface area contributed by atoms with Crippen LogP contribution in [0.5, 0.6) is 0 Å². The van der Waals surface area contributed by atoms with Gasteiger partial charge in [0.1, 0.15) is 0 Å². The molecule has 2 aliphatic rings. The van der Waals surface area contributed by atoms with Crippen LogP contribution in [0.3, 0.4) is 0 Å². The Bertz CT molecular complexity index is 414. The molecule has 0 bridgehead atoms. The average Bonchev–Trinajstić information content (AvgIpc) is 3.08. The molecule has 104 valence electrons. The second kappa shape index (κ2) is 5.99. The summed E-state index contributed by atoms with van der Waals surface area (Å²) in [6, 6.07) is 7.63. The topological polar surface area (TPSA) is 37.4 Å². The van der Waals surface area contributed by atoms with Gasteiger partial charge in [-0.1, -0.05) is 6.07 Å². The normalized spacial score (nSPS) is 23.2. The number of nitrogens with zero attached hydrogens (tertiary/aromatic N) is 2. The molecule has 0 aromatic carbocycles. The van der Waals surface area contributed by atoms with E-state index in [2.05, 4.69) is 35.5 Å². The van der Waals surface area contributed by atoms with Crippen molar-refractivity contribution < 1.29 is 4.74 Å². The lowest BCUT2D eigenvalue weighted by Crippen LogP contribution is -2.31. The van der Waals surface area contributed by atoms with Crippen LogP contribution in [0.2, 0.25) is 0 Å². The Labute approximate surface area is 115 Å². The van der Waals surface area contributed by atoms with Gasteiger partial charge in [-0.05, 0) is 38.4 Å². The third-order valence-corrected chi connectivity index (χ3v) is 3.95. The molecule has 2 fully saturated rings. The third kappa shape index (κ3) is 3.75. The predicted molar refractivity (Wildman–Crippen MR) is 74.8 cm³/mol. The quantitative estimate of drug-likeness (QED) is 0.843. The van der Waals surface area contributed by atoms with E-state index in [1.807, 2.05) is 0 Å². The van der Waals surface area contributed by atoms with Crippen LogP contribution in [0.25, 0.3) is 0 Å². The number of likely N-dealkylation sites (N-methyl/N-ethyl adjacent to an activating group) is 1. The van der Waals surface area contributed by atoms with Crippen molar-refractivity contribution in [3.05, 3.63) is 29.6 Å². The first kappa shape index (κ1) is 13.0. The van der Waals surface area contributed by atoms with Gasteiger partial charge in [-0.25, -0.2) is 0 Å². The van der Waals surface area contributed by atoms with E-state index in [0.717, 1.165) is 50.2 Å². The maximum Gasteiger partial charge on any atom is 0.0622 e. The molecule has 3 rings (SSSR count). The summed E-state index contributed by atoms with van der Waals surface area (Å²) in [5.74, 6) is 0. The van der Waals surface area contributed by atoms with Crippen molar-refractivity contribution in [3.63, 3.8) is 0 Å². The second-order valence-electron chi connectivity index (χ2n) is 5.71. The Morgan fingerprint density at radius 1 is 1.32 bits per heavy atom. The number of pyridine rings is 1. The Morgan fingerprint density at radius 2 is 2.16 bits per heavy atom. The Hall–Kier alpha value is -0.970. The zero-order valence-electron chi connectivity index (χ0n) is 11.6. The molecule has 1 unspecified atom stereocenters. The summed E-state index contributed by atoms with van der Waals surface area (Å²) in [4.78, 5) is 7.09. The van der Waals surface area contributed by atoms with E-state index in [0.29, 0.717) is 6.04 Å². The highest BCUT2D eigenvalue weighted by atomic mass is 16.5. The standard InChI is InChI=1S/C15H23N3O/c1-18(15-7-8-19-11-15)10-14-4-2-3-13(17-14)9-16-12-5-6-12/h2-4,12,15-16H,5-11H2,1H3. The van der Waals surface area contributed by atoms with Crippen LogP contribution in [0, 0.1) is 0 Å². The summed E-state index contributed by atoms with van der Waals surface area (Å²) in [6.45, 7) is 3.56. The van der Waals surface area contributed by atoms with Gasteiger partial charge < -0.3 is 10.1 Å². The number of ether oxygens (including phenoxy) is 1. The van der Waals surface area contributed by atoms with E-state index in [1.54, 1.807) is 0 Å². The van der Waals surface area contributed by atoms with Gasteiger partial charge in [0.25, 0.3) is 0 Å². The number of nitrogens with one attached hydrogen (secondary N) is 1. The summed E-state index contributed by atoms with van der Waals surface area (Å²) in [5, 5.41) is 3.51. The first-order valence-corrected chi connectivity index (χ1v) is 7.27. The van der Waals surface area contributed by atoms with Crippen molar-refractivity contribution in [1.29, 1.82) is 0 Å². The fraction of sp³-hybridized carbons (Fsp3) is 0.667. The maximum atomic E-state index is 5.44. The molecule has 0 radical (unpaired) electrons. The minimum atomic E-state index is 0.551. The van der Waals surface area contributed by atoms with Crippen molar-refractivity contribution in [2.75, 3.05) is 20.3 Å². The lowest BCUT2D eigenvalue weighted by molar-refractivity contribution is 0.155. The van der Waals surface area contributed by atoms with E-state index in [1.165, 1.54) is 12.8 Å². The molecule has 4 nitrogen and oxygen atoms in total. The van der Waals surface area contributed by atoms with Crippen molar-refractivity contribution in [3.8, 4) is 0 Å². The lowest BCUT2D eigenvalue weighted by Gasteiger charge is -2.22. The number of hydrogen-bond donors (Lipinski definition) is 1. The molecular weight excluding hydrogens is 238 g/mol. The van der Waals surface area contributed by atoms with Crippen LogP contribution in [0.15, 0.2) is 18.2 Å². The first-order valence-electron chi connectivity index (χ1n) is 7.27. The fourth-order valence-electron chi connectivity index (χ4n) is 2.51. The molecule has 1 atom stereocenters. The van der Waals surface area contributed by atoms with Gasteiger partial charge in [0.05, 0.1) is 18.0 Å². The number of aromatic nitrogens is 1. The minimum Gasteiger partial charge on any atom is -0.380 e. The molecule has 0 spiro atoms. The largest absolute Gasteiger partial charge is 0.380 e. The maximum absolute atomic E-state index is 5.44. The Balaban J connectivity index is 1.55. The molecule has 4 heteroatoms. The van der Waals surface area contributed by atoms with Crippen molar-refractivity contribution >= 4 is 0 Å². The van der Waals surface area contributed by atoms with Crippen LogP contribution in [0.4, 0.5) is 0 Å². The van der Waals surface area contributed by atoms with Gasteiger partial charge in [-0.3, -0.25) is 9.88 Å². The van der Waals surface area contributed by atoms with E-state index in [-0.39, 0.29) is 0 Å². The minimum absolute atomic E-state index is 0.551. The molecule has 19 heavy (non-hydrogen) atoms. The number of rotatable bonds is 6. The van der Waals surface area contributed by atoms with Gasteiger partial charge in [-0.2, -0.15) is 0 Å². The molecule has 1 saturated carbocycles. The summed E-state index contributed by atoms with van der Waals surface area (Å²) in [7, 11) is 2.16. The second-order valence-corrected chi connectivity index (χ2v) is 5.71. The average molecular weight is 261 g/mol. The van der Waals surface area contributed by atoms with Crippen molar-refractivity contribution in [2.45, 2.75) is 44.4 Å².